The van der Waals surface area contributed by atoms with E-state index in [4.69, 9.17) is 0 Å². The Morgan fingerprint density at radius 3 is 1.83 bits per heavy atom. The van der Waals surface area contributed by atoms with E-state index in [0.717, 1.165) is 6.54 Å². The molecule has 0 unspecified atom stereocenters. The highest BCUT2D eigenvalue weighted by molar-refractivity contribution is 5.90. The summed E-state index contributed by atoms with van der Waals surface area (Å²) >= 11 is 0. The number of carbonyl (C=O) groups excluding carboxylic acids is 4. The maximum Gasteiger partial charge on any atom is 0.239 e. The molecule has 0 radical (unpaired) electrons. The zero-order chi connectivity index (χ0) is 18.3. The summed E-state index contributed by atoms with van der Waals surface area (Å²) in [5.41, 5.74) is 0. The van der Waals surface area contributed by atoms with Crippen molar-refractivity contribution in [1.82, 2.24) is 21.3 Å². The molecule has 0 aromatic heterocycles. The number of Topliss-reactive ketones (excluding diaryl/α,β-unsaturated/α-hetero) is 1. The van der Waals surface area contributed by atoms with Crippen LogP contribution >= 0.6 is 0 Å². The zero-order valence-electron chi connectivity index (χ0n) is 14.7. The first kappa shape index (κ1) is 23.3. The van der Waals surface area contributed by atoms with Crippen LogP contribution in [0.15, 0.2) is 0 Å². The topological polar surface area (TPSA) is 116 Å². The Bertz CT molecular complexity index is 370. The van der Waals surface area contributed by atoms with Crippen molar-refractivity contribution in [1.29, 1.82) is 0 Å². The lowest BCUT2D eigenvalue weighted by molar-refractivity contribution is -0.128. The summed E-state index contributed by atoms with van der Waals surface area (Å²) in [6, 6.07) is 0.648. The maximum atomic E-state index is 11.2. The fourth-order valence-electron chi connectivity index (χ4n) is 1.24. The minimum atomic E-state index is -0.470. The summed E-state index contributed by atoms with van der Waals surface area (Å²) in [6.45, 7) is 10.5. The summed E-state index contributed by atoms with van der Waals surface area (Å²) in [5.74, 6) is -1.13. The summed E-state index contributed by atoms with van der Waals surface area (Å²) in [5, 5.41) is 10.0. The second-order valence-corrected chi connectivity index (χ2v) is 5.39. The predicted molar refractivity (Wildman–Crippen MR) is 88.7 cm³/mol. The molecule has 134 valence electrons. The third-order valence-electron chi connectivity index (χ3n) is 2.51. The minimum absolute atomic E-state index is 0.0427. The van der Waals surface area contributed by atoms with Crippen LogP contribution in [-0.4, -0.2) is 56.2 Å². The number of ketones is 1. The zero-order valence-corrected chi connectivity index (χ0v) is 14.7. The highest BCUT2D eigenvalue weighted by Gasteiger charge is 2.09. The van der Waals surface area contributed by atoms with Gasteiger partial charge in [0.15, 0.2) is 5.78 Å². The Labute approximate surface area is 138 Å². The van der Waals surface area contributed by atoms with Crippen LogP contribution in [0.2, 0.25) is 0 Å². The van der Waals surface area contributed by atoms with Gasteiger partial charge in [0, 0.05) is 12.0 Å². The van der Waals surface area contributed by atoms with Gasteiger partial charge in [-0.25, -0.2) is 0 Å². The Morgan fingerprint density at radius 1 is 0.913 bits per heavy atom. The van der Waals surface area contributed by atoms with E-state index in [1.54, 1.807) is 13.8 Å². The van der Waals surface area contributed by atoms with Crippen molar-refractivity contribution < 1.29 is 19.2 Å². The van der Waals surface area contributed by atoms with Gasteiger partial charge in [-0.3, -0.25) is 19.2 Å². The Morgan fingerprint density at radius 2 is 1.43 bits per heavy atom. The number of carbonyl (C=O) groups is 4. The highest BCUT2D eigenvalue weighted by Crippen LogP contribution is 1.91. The van der Waals surface area contributed by atoms with E-state index < -0.39 is 11.8 Å². The summed E-state index contributed by atoms with van der Waals surface area (Å²) < 4.78 is 0. The molecular formula is C15H30N4O4. The first-order valence-electron chi connectivity index (χ1n) is 7.71. The molecule has 0 saturated heterocycles. The van der Waals surface area contributed by atoms with Crippen LogP contribution in [0.3, 0.4) is 0 Å². The Hall–Kier alpha value is -1.96. The van der Waals surface area contributed by atoms with Gasteiger partial charge in [-0.15, -0.1) is 0 Å². The summed E-state index contributed by atoms with van der Waals surface area (Å²) in [4.78, 5) is 43.2. The lowest BCUT2D eigenvalue weighted by Crippen LogP contribution is -2.42. The van der Waals surface area contributed by atoms with E-state index in [0.29, 0.717) is 12.5 Å². The average molecular weight is 330 g/mol. The molecule has 0 aromatic carbocycles. The highest BCUT2D eigenvalue weighted by atomic mass is 16.2. The van der Waals surface area contributed by atoms with Crippen LogP contribution in [0.5, 0.6) is 0 Å². The van der Waals surface area contributed by atoms with Gasteiger partial charge in [0.2, 0.25) is 18.2 Å². The molecule has 8 nitrogen and oxygen atoms in total. The summed E-state index contributed by atoms with van der Waals surface area (Å²) in [7, 11) is 0. The molecule has 0 rings (SSSR count). The van der Waals surface area contributed by atoms with Crippen molar-refractivity contribution in [2.24, 2.45) is 5.92 Å². The van der Waals surface area contributed by atoms with Crippen LogP contribution in [0, 0.1) is 5.92 Å². The number of nitrogens with one attached hydrogen (secondary N) is 4. The van der Waals surface area contributed by atoms with Gasteiger partial charge >= 0.3 is 0 Å². The quantitative estimate of drug-likeness (QED) is 0.391. The van der Waals surface area contributed by atoms with Crippen molar-refractivity contribution in [2.75, 3.05) is 26.2 Å². The normalized spacial score (nSPS) is 9.70. The third kappa shape index (κ3) is 18.0. The van der Waals surface area contributed by atoms with E-state index in [1.165, 1.54) is 0 Å². The fourth-order valence-corrected chi connectivity index (χ4v) is 1.24. The van der Waals surface area contributed by atoms with Gasteiger partial charge in [0.25, 0.3) is 0 Å². The molecule has 0 fully saturated rings. The molecule has 0 aromatic rings. The Balaban J connectivity index is 0. The van der Waals surface area contributed by atoms with Crippen LogP contribution in [-0.2, 0) is 19.2 Å². The lowest BCUT2D eigenvalue weighted by Gasteiger charge is -2.07. The lowest BCUT2D eigenvalue weighted by atomic mass is 10.1. The number of hydrogen-bond donors (Lipinski definition) is 4. The van der Waals surface area contributed by atoms with E-state index in [2.05, 4.69) is 42.0 Å². The van der Waals surface area contributed by atoms with Crippen molar-refractivity contribution >= 4 is 24.0 Å². The van der Waals surface area contributed by atoms with Gasteiger partial charge in [-0.2, -0.15) is 0 Å². The largest absolute Gasteiger partial charge is 0.350 e. The standard InChI is InChI=1S/C10H17N3O4.C5H13N/c1-7(2)8(15)3-12-10(17)5-13-9(16)4-11-6-14;1-4-6-5(2)3/h6-7H,3-5H2,1-2H3,(H,11,14)(H,12,17)(H,13,16);5-6H,4H2,1-3H3. The van der Waals surface area contributed by atoms with Crippen molar-refractivity contribution in [3.8, 4) is 0 Å². The van der Waals surface area contributed by atoms with Gasteiger partial charge in [-0.05, 0) is 6.54 Å². The van der Waals surface area contributed by atoms with Crippen molar-refractivity contribution in [2.45, 2.75) is 40.7 Å². The molecule has 4 N–H and O–H groups in total. The van der Waals surface area contributed by atoms with Crippen LogP contribution in [0.1, 0.15) is 34.6 Å². The molecule has 0 bridgehead atoms. The van der Waals surface area contributed by atoms with Crippen molar-refractivity contribution in [3.05, 3.63) is 0 Å². The molecular weight excluding hydrogens is 300 g/mol. The van der Waals surface area contributed by atoms with Crippen LogP contribution in [0.4, 0.5) is 0 Å². The van der Waals surface area contributed by atoms with E-state index in [1.807, 2.05) is 0 Å². The number of rotatable bonds is 10. The number of hydrogen-bond acceptors (Lipinski definition) is 5. The summed E-state index contributed by atoms with van der Waals surface area (Å²) in [6.07, 6.45) is 0.390. The molecule has 8 heteroatoms. The van der Waals surface area contributed by atoms with Crippen LogP contribution in [0.25, 0.3) is 0 Å². The van der Waals surface area contributed by atoms with Gasteiger partial charge in [-0.1, -0.05) is 34.6 Å². The molecule has 0 atom stereocenters. The van der Waals surface area contributed by atoms with Crippen molar-refractivity contribution in [3.63, 3.8) is 0 Å². The first-order valence-corrected chi connectivity index (χ1v) is 7.71. The third-order valence-corrected chi connectivity index (χ3v) is 2.51. The average Bonchev–Trinajstić information content (AvgIpc) is 2.48. The molecule has 0 aliphatic heterocycles. The van der Waals surface area contributed by atoms with Gasteiger partial charge in [0.05, 0.1) is 19.6 Å². The van der Waals surface area contributed by atoms with E-state index >= 15 is 0 Å². The molecule has 0 aliphatic rings. The van der Waals surface area contributed by atoms with Gasteiger partial charge in [0.1, 0.15) is 0 Å². The molecule has 0 aliphatic carbocycles. The smallest absolute Gasteiger partial charge is 0.239 e. The molecule has 0 heterocycles. The first-order chi connectivity index (χ1) is 10.7. The van der Waals surface area contributed by atoms with Crippen LogP contribution < -0.4 is 21.3 Å². The second kappa shape index (κ2) is 15.0. The molecule has 0 saturated carbocycles. The molecule has 0 spiro atoms. The minimum Gasteiger partial charge on any atom is -0.350 e. The molecule has 23 heavy (non-hydrogen) atoms. The van der Waals surface area contributed by atoms with Gasteiger partial charge < -0.3 is 21.3 Å². The number of amides is 3. The monoisotopic (exact) mass is 330 g/mol. The SMILES string of the molecule is CC(C)C(=O)CNC(=O)CNC(=O)CNC=O.CCNC(C)C. The molecule has 3 amide bonds. The maximum absolute atomic E-state index is 11.2. The second-order valence-electron chi connectivity index (χ2n) is 5.39. The van der Waals surface area contributed by atoms with E-state index in [9.17, 15) is 19.2 Å². The Kier molecular flexibility index (Phi) is 15.2. The predicted octanol–water partition coefficient (Wildman–Crippen LogP) is -0.806. The fraction of sp³-hybridized carbons (Fsp3) is 0.733. The van der Waals surface area contributed by atoms with E-state index in [-0.39, 0.29) is 31.3 Å².